The molecule has 0 bridgehead atoms. The summed E-state index contributed by atoms with van der Waals surface area (Å²) >= 11 is 0. The summed E-state index contributed by atoms with van der Waals surface area (Å²) in [5, 5.41) is 6.16. The van der Waals surface area contributed by atoms with Crippen LogP contribution >= 0.6 is 0 Å². The topological polar surface area (TPSA) is 41.1 Å². The van der Waals surface area contributed by atoms with Crippen LogP contribution in [0.4, 0.5) is 8.78 Å². The Bertz CT molecular complexity index is 494. The summed E-state index contributed by atoms with van der Waals surface area (Å²) < 4.78 is 26.0. The maximum Gasteiger partial charge on any atom is 0.227 e. The number of rotatable bonds is 5. The number of hydrogen-bond donors (Lipinski definition) is 2. The van der Waals surface area contributed by atoms with E-state index in [0.717, 1.165) is 44.4 Å². The van der Waals surface area contributed by atoms with E-state index in [0.29, 0.717) is 12.1 Å². The molecule has 116 valence electrons. The molecule has 1 aromatic rings. The molecule has 1 saturated heterocycles. The summed E-state index contributed by atoms with van der Waals surface area (Å²) in [4.78, 5) is 12.5. The summed E-state index contributed by atoms with van der Waals surface area (Å²) in [7, 11) is 0. The van der Waals surface area contributed by atoms with Crippen LogP contribution in [0.1, 0.15) is 38.2 Å². The first kappa shape index (κ1) is 15.9. The van der Waals surface area contributed by atoms with Gasteiger partial charge in [0.05, 0.1) is 5.41 Å². The highest BCUT2D eigenvalue weighted by Crippen LogP contribution is 2.32. The van der Waals surface area contributed by atoms with Crippen LogP contribution in [-0.4, -0.2) is 19.0 Å². The Kier molecular flexibility index (Phi) is 5.28. The van der Waals surface area contributed by atoms with Crippen LogP contribution < -0.4 is 10.6 Å². The number of nitrogens with one attached hydrogen (secondary N) is 2. The van der Waals surface area contributed by atoms with Crippen molar-refractivity contribution < 1.29 is 13.6 Å². The van der Waals surface area contributed by atoms with Crippen molar-refractivity contribution in [2.45, 2.75) is 39.2 Å². The minimum atomic E-state index is -0.885. The van der Waals surface area contributed by atoms with Crippen LogP contribution in [0.2, 0.25) is 0 Å². The van der Waals surface area contributed by atoms with Crippen LogP contribution in [0.3, 0.4) is 0 Å². The van der Waals surface area contributed by atoms with E-state index < -0.39 is 11.6 Å². The fourth-order valence-corrected chi connectivity index (χ4v) is 2.99. The van der Waals surface area contributed by atoms with E-state index in [1.165, 1.54) is 6.07 Å². The van der Waals surface area contributed by atoms with Gasteiger partial charge in [0, 0.05) is 13.1 Å². The third kappa shape index (κ3) is 3.79. The summed E-state index contributed by atoms with van der Waals surface area (Å²) in [6.45, 7) is 3.92. The van der Waals surface area contributed by atoms with E-state index in [9.17, 15) is 13.6 Å². The van der Waals surface area contributed by atoms with Gasteiger partial charge in [0.15, 0.2) is 11.6 Å². The molecule has 2 rings (SSSR count). The molecule has 1 amide bonds. The molecule has 1 fully saturated rings. The fourth-order valence-electron chi connectivity index (χ4n) is 2.99. The lowest BCUT2D eigenvalue weighted by Gasteiger charge is -2.36. The van der Waals surface area contributed by atoms with Gasteiger partial charge in [-0.2, -0.15) is 0 Å². The Balaban J connectivity index is 2.00. The molecule has 1 atom stereocenters. The Morgan fingerprint density at radius 3 is 2.81 bits per heavy atom. The zero-order valence-corrected chi connectivity index (χ0v) is 12.3. The first-order chi connectivity index (χ1) is 10.1. The molecule has 1 heterocycles. The molecule has 0 aromatic heterocycles. The van der Waals surface area contributed by atoms with Crippen molar-refractivity contribution in [2.24, 2.45) is 5.41 Å². The predicted octanol–water partition coefficient (Wildman–Crippen LogP) is 2.75. The second kappa shape index (κ2) is 6.98. The van der Waals surface area contributed by atoms with E-state index >= 15 is 0 Å². The quantitative estimate of drug-likeness (QED) is 0.877. The van der Waals surface area contributed by atoms with Crippen LogP contribution in [0, 0.1) is 17.0 Å². The van der Waals surface area contributed by atoms with Gasteiger partial charge in [-0.05, 0) is 43.5 Å². The van der Waals surface area contributed by atoms with E-state index in [4.69, 9.17) is 0 Å². The van der Waals surface area contributed by atoms with E-state index in [-0.39, 0.29) is 17.9 Å². The van der Waals surface area contributed by atoms with Crippen molar-refractivity contribution in [3.8, 4) is 0 Å². The van der Waals surface area contributed by atoms with Crippen LogP contribution in [0.15, 0.2) is 18.2 Å². The average molecular weight is 296 g/mol. The number of piperidine rings is 1. The molecule has 21 heavy (non-hydrogen) atoms. The standard InChI is InChI=1S/C16H22F2N2O/c1-2-6-16(7-3-8-19-11-16)15(21)20-10-12-4-5-13(17)14(18)9-12/h4-5,9,19H,2-3,6-8,10-11H2,1H3,(H,20,21). The molecule has 1 aliphatic rings. The lowest BCUT2D eigenvalue weighted by molar-refractivity contribution is -0.132. The highest BCUT2D eigenvalue weighted by Gasteiger charge is 2.38. The Labute approximate surface area is 124 Å². The number of hydrogen-bond acceptors (Lipinski definition) is 2. The second-order valence-corrected chi connectivity index (χ2v) is 5.74. The highest BCUT2D eigenvalue weighted by atomic mass is 19.2. The molecule has 3 nitrogen and oxygen atoms in total. The molecule has 1 unspecified atom stereocenters. The molecule has 0 saturated carbocycles. The average Bonchev–Trinajstić information content (AvgIpc) is 2.49. The van der Waals surface area contributed by atoms with Gasteiger partial charge >= 0.3 is 0 Å². The molecular formula is C16H22F2N2O. The van der Waals surface area contributed by atoms with Crippen LogP contribution in [-0.2, 0) is 11.3 Å². The molecule has 1 aromatic carbocycles. The zero-order valence-electron chi connectivity index (χ0n) is 12.3. The smallest absolute Gasteiger partial charge is 0.227 e. The summed E-state index contributed by atoms with van der Waals surface area (Å²) in [6, 6.07) is 3.70. The van der Waals surface area contributed by atoms with Crippen LogP contribution in [0.25, 0.3) is 0 Å². The van der Waals surface area contributed by atoms with Crippen molar-refractivity contribution in [1.82, 2.24) is 10.6 Å². The zero-order chi connectivity index (χ0) is 15.3. The lowest BCUT2D eigenvalue weighted by atomic mass is 9.76. The van der Waals surface area contributed by atoms with Crippen molar-refractivity contribution in [1.29, 1.82) is 0 Å². The number of amides is 1. The lowest BCUT2D eigenvalue weighted by Crippen LogP contribution is -2.50. The molecule has 1 aliphatic heterocycles. The summed E-state index contributed by atoms with van der Waals surface area (Å²) in [5.74, 6) is -1.75. The van der Waals surface area contributed by atoms with Gasteiger partial charge in [-0.1, -0.05) is 19.4 Å². The van der Waals surface area contributed by atoms with Crippen molar-refractivity contribution >= 4 is 5.91 Å². The fraction of sp³-hybridized carbons (Fsp3) is 0.562. The predicted molar refractivity (Wildman–Crippen MR) is 77.6 cm³/mol. The molecule has 0 spiro atoms. The monoisotopic (exact) mass is 296 g/mol. The van der Waals surface area contributed by atoms with Gasteiger partial charge < -0.3 is 10.6 Å². The maximum absolute atomic E-state index is 13.2. The molecule has 5 heteroatoms. The Hall–Kier alpha value is -1.49. The normalized spacial score (nSPS) is 22.0. The minimum Gasteiger partial charge on any atom is -0.352 e. The summed E-state index contributed by atoms with van der Waals surface area (Å²) in [6.07, 6.45) is 3.64. The Morgan fingerprint density at radius 1 is 1.38 bits per heavy atom. The number of halogens is 2. The number of carbonyl (C=O) groups is 1. The van der Waals surface area contributed by atoms with Gasteiger partial charge in [0.25, 0.3) is 0 Å². The Morgan fingerprint density at radius 2 is 2.19 bits per heavy atom. The number of carbonyl (C=O) groups excluding carboxylic acids is 1. The van der Waals surface area contributed by atoms with Gasteiger partial charge in [0.2, 0.25) is 5.91 Å². The van der Waals surface area contributed by atoms with Crippen LogP contribution in [0.5, 0.6) is 0 Å². The first-order valence-electron chi connectivity index (χ1n) is 7.50. The summed E-state index contributed by atoms with van der Waals surface area (Å²) in [5.41, 5.74) is 0.198. The van der Waals surface area contributed by atoms with Crippen molar-refractivity contribution in [3.63, 3.8) is 0 Å². The first-order valence-corrected chi connectivity index (χ1v) is 7.50. The van der Waals surface area contributed by atoms with Crippen molar-refractivity contribution in [2.75, 3.05) is 13.1 Å². The van der Waals surface area contributed by atoms with Gasteiger partial charge in [0.1, 0.15) is 0 Å². The maximum atomic E-state index is 13.2. The second-order valence-electron chi connectivity index (χ2n) is 5.74. The number of benzene rings is 1. The largest absolute Gasteiger partial charge is 0.352 e. The highest BCUT2D eigenvalue weighted by molar-refractivity contribution is 5.83. The van der Waals surface area contributed by atoms with E-state index in [1.54, 1.807) is 0 Å². The molecule has 0 aliphatic carbocycles. The van der Waals surface area contributed by atoms with Gasteiger partial charge in [-0.3, -0.25) is 4.79 Å². The third-order valence-electron chi connectivity index (χ3n) is 4.12. The van der Waals surface area contributed by atoms with E-state index in [2.05, 4.69) is 17.6 Å². The van der Waals surface area contributed by atoms with Crippen molar-refractivity contribution in [3.05, 3.63) is 35.4 Å². The SMILES string of the molecule is CCCC1(C(=O)NCc2ccc(F)c(F)c2)CCCNC1. The van der Waals surface area contributed by atoms with Gasteiger partial charge in [-0.15, -0.1) is 0 Å². The van der Waals surface area contributed by atoms with E-state index in [1.807, 2.05) is 0 Å². The van der Waals surface area contributed by atoms with Gasteiger partial charge in [-0.25, -0.2) is 8.78 Å². The molecule has 0 radical (unpaired) electrons. The minimum absolute atomic E-state index is 0.00119. The molecule has 2 N–H and O–H groups in total. The third-order valence-corrected chi connectivity index (χ3v) is 4.12. The molecular weight excluding hydrogens is 274 g/mol.